The highest BCUT2D eigenvalue weighted by molar-refractivity contribution is 6.02. The maximum atomic E-state index is 12.9. The van der Waals surface area contributed by atoms with Crippen LogP contribution in [0, 0.1) is 11.3 Å². The Morgan fingerprint density at radius 2 is 2.17 bits per heavy atom. The Morgan fingerprint density at radius 1 is 1.43 bits per heavy atom. The summed E-state index contributed by atoms with van der Waals surface area (Å²) in [5.74, 6) is 0.0402. The zero-order valence-corrected chi connectivity index (χ0v) is 13.9. The summed E-state index contributed by atoms with van der Waals surface area (Å²) in [6, 6.07) is -0.176. The lowest BCUT2D eigenvalue weighted by Crippen LogP contribution is -2.53. The molecule has 0 bridgehead atoms. The molecule has 2 heterocycles. The molecule has 6 heteroatoms. The van der Waals surface area contributed by atoms with Gasteiger partial charge in [-0.05, 0) is 38.8 Å². The number of carbonyl (C=O) groups excluding carboxylic acids is 2. The highest BCUT2D eigenvalue weighted by Gasteiger charge is 2.49. The lowest BCUT2D eigenvalue weighted by Gasteiger charge is -2.35. The van der Waals surface area contributed by atoms with Crippen LogP contribution in [0.15, 0.2) is 34.0 Å². The number of ketones is 1. The van der Waals surface area contributed by atoms with Gasteiger partial charge in [-0.25, -0.2) is 5.01 Å². The number of nitrogens with one attached hydrogen (secondary N) is 1. The second-order valence-electron chi connectivity index (χ2n) is 6.77. The predicted molar refractivity (Wildman–Crippen MR) is 89.0 cm³/mol. The van der Waals surface area contributed by atoms with E-state index in [9.17, 15) is 9.59 Å². The molecular formula is C17H22N4O2. The Morgan fingerprint density at radius 3 is 2.91 bits per heavy atom. The predicted octanol–water partition coefficient (Wildman–Crippen LogP) is 1.65. The van der Waals surface area contributed by atoms with Gasteiger partial charge in [0, 0.05) is 30.1 Å². The highest BCUT2D eigenvalue weighted by Crippen LogP contribution is 2.36. The zero-order valence-electron chi connectivity index (χ0n) is 13.9. The number of nitrogens with zero attached hydrogens (tertiary/aromatic N) is 3. The summed E-state index contributed by atoms with van der Waals surface area (Å²) in [6.07, 6.45) is 7.03. The lowest BCUT2D eigenvalue weighted by molar-refractivity contribution is -0.129. The molecule has 0 fully saturated rings. The number of allylic oxidation sites excluding steroid dienone is 3. The van der Waals surface area contributed by atoms with Crippen molar-refractivity contribution in [2.45, 2.75) is 46.3 Å². The Kier molecular flexibility index (Phi) is 3.70. The summed E-state index contributed by atoms with van der Waals surface area (Å²) in [4.78, 5) is 29.1. The number of hydrogen-bond donors (Lipinski definition) is 1. The smallest absolute Gasteiger partial charge is 0.235 e. The number of carbonyl (C=O) groups is 2. The second kappa shape index (κ2) is 5.44. The van der Waals surface area contributed by atoms with Crippen LogP contribution in [0.5, 0.6) is 0 Å². The molecule has 4 unspecified atom stereocenters. The molecule has 0 aromatic rings. The van der Waals surface area contributed by atoms with Crippen LogP contribution >= 0.6 is 0 Å². The molecule has 0 saturated heterocycles. The average Bonchev–Trinajstić information content (AvgIpc) is 2.82. The van der Waals surface area contributed by atoms with Gasteiger partial charge < -0.3 is 5.32 Å². The van der Waals surface area contributed by atoms with E-state index in [4.69, 9.17) is 0 Å². The van der Waals surface area contributed by atoms with Crippen molar-refractivity contribution < 1.29 is 9.59 Å². The quantitative estimate of drug-likeness (QED) is 0.842. The van der Waals surface area contributed by atoms with E-state index in [0.717, 1.165) is 11.4 Å². The molecule has 3 rings (SSSR count). The first-order valence-electron chi connectivity index (χ1n) is 7.90. The Labute approximate surface area is 136 Å². The van der Waals surface area contributed by atoms with Crippen molar-refractivity contribution in [2.75, 3.05) is 0 Å². The summed E-state index contributed by atoms with van der Waals surface area (Å²) >= 11 is 0. The average molecular weight is 314 g/mol. The molecular weight excluding hydrogens is 292 g/mol. The maximum Gasteiger partial charge on any atom is 0.235 e. The lowest BCUT2D eigenvalue weighted by atomic mass is 9.85. The van der Waals surface area contributed by atoms with Crippen molar-refractivity contribution >= 4 is 23.6 Å². The summed E-state index contributed by atoms with van der Waals surface area (Å²) < 4.78 is 0. The third kappa shape index (κ3) is 2.62. The third-order valence-corrected chi connectivity index (χ3v) is 4.77. The molecule has 1 N–H and O–H groups in total. The normalized spacial score (nSPS) is 35.7. The zero-order chi connectivity index (χ0) is 16.8. The van der Waals surface area contributed by atoms with E-state index in [0.29, 0.717) is 6.42 Å². The molecule has 2 aliphatic heterocycles. The van der Waals surface area contributed by atoms with E-state index in [1.165, 1.54) is 0 Å². The third-order valence-electron chi connectivity index (χ3n) is 4.77. The minimum atomic E-state index is -0.847. The van der Waals surface area contributed by atoms with Gasteiger partial charge in [0.05, 0.1) is 0 Å². The molecule has 6 nitrogen and oxygen atoms in total. The van der Waals surface area contributed by atoms with Crippen molar-refractivity contribution in [3.63, 3.8) is 0 Å². The van der Waals surface area contributed by atoms with Gasteiger partial charge in [0.2, 0.25) is 5.91 Å². The van der Waals surface area contributed by atoms with E-state index >= 15 is 0 Å². The van der Waals surface area contributed by atoms with Crippen LogP contribution in [0.25, 0.3) is 0 Å². The van der Waals surface area contributed by atoms with Crippen LogP contribution in [0.4, 0.5) is 0 Å². The van der Waals surface area contributed by atoms with Gasteiger partial charge in [-0.1, -0.05) is 13.0 Å². The molecule has 0 aromatic carbocycles. The van der Waals surface area contributed by atoms with Crippen molar-refractivity contribution in [3.05, 3.63) is 23.9 Å². The van der Waals surface area contributed by atoms with Crippen molar-refractivity contribution in [1.82, 2.24) is 10.3 Å². The fourth-order valence-corrected chi connectivity index (χ4v) is 3.18. The fraction of sp³-hybridized carbons (Fsp3) is 0.529. The number of hydrazone groups is 1. The van der Waals surface area contributed by atoms with E-state index in [1.54, 1.807) is 17.3 Å². The Hall–Kier alpha value is -2.24. The van der Waals surface area contributed by atoms with Gasteiger partial charge in [0.25, 0.3) is 0 Å². The van der Waals surface area contributed by atoms with Crippen LogP contribution < -0.4 is 5.32 Å². The summed E-state index contributed by atoms with van der Waals surface area (Å²) in [5.41, 5.74) is 1.01. The molecule has 0 spiro atoms. The number of fused-ring (bicyclic) bond motifs is 1. The molecule has 23 heavy (non-hydrogen) atoms. The highest BCUT2D eigenvalue weighted by atomic mass is 16.2. The van der Waals surface area contributed by atoms with Crippen LogP contribution in [0.1, 0.15) is 34.1 Å². The topological polar surface area (TPSA) is 74.1 Å². The number of hydrogen-bond acceptors (Lipinski definition) is 5. The van der Waals surface area contributed by atoms with E-state index < -0.39 is 5.41 Å². The minimum absolute atomic E-state index is 0.0468. The van der Waals surface area contributed by atoms with Gasteiger partial charge in [-0.3, -0.25) is 14.6 Å². The van der Waals surface area contributed by atoms with Crippen LogP contribution in [-0.4, -0.2) is 40.8 Å². The van der Waals surface area contributed by atoms with Gasteiger partial charge in [-0.2, -0.15) is 5.10 Å². The molecule has 0 aromatic heterocycles. The largest absolute Gasteiger partial charge is 0.351 e. The molecule has 1 aliphatic carbocycles. The molecule has 4 atom stereocenters. The maximum absolute atomic E-state index is 12.9. The van der Waals surface area contributed by atoms with Gasteiger partial charge in [0.1, 0.15) is 5.41 Å². The van der Waals surface area contributed by atoms with Crippen LogP contribution in [0.2, 0.25) is 0 Å². The molecule has 3 aliphatic rings. The standard InChI is InChI=1S/C17H22N4O2/c1-10-5-6-13(22)8-14(10)20-16(23)17(4)9-18-21-12(3)7-11(2)19-15(17)21/h5-7,9-10,14-15H,8H2,1-4H3,(H,20,23). The van der Waals surface area contributed by atoms with Crippen molar-refractivity contribution in [1.29, 1.82) is 0 Å². The monoisotopic (exact) mass is 314 g/mol. The van der Waals surface area contributed by atoms with Gasteiger partial charge >= 0.3 is 0 Å². The Balaban J connectivity index is 1.80. The van der Waals surface area contributed by atoms with E-state index in [2.05, 4.69) is 15.4 Å². The summed E-state index contributed by atoms with van der Waals surface area (Å²) in [5, 5.41) is 9.17. The Bertz CT molecular complexity index is 676. The number of rotatable bonds is 2. The van der Waals surface area contributed by atoms with E-state index in [-0.39, 0.29) is 29.8 Å². The van der Waals surface area contributed by atoms with Crippen LogP contribution in [0.3, 0.4) is 0 Å². The second-order valence-corrected chi connectivity index (χ2v) is 6.77. The molecule has 0 saturated carbocycles. The fourth-order valence-electron chi connectivity index (χ4n) is 3.18. The number of amides is 1. The first-order chi connectivity index (χ1) is 10.8. The molecule has 122 valence electrons. The van der Waals surface area contributed by atoms with E-state index in [1.807, 2.05) is 39.8 Å². The molecule has 0 radical (unpaired) electrons. The first-order valence-corrected chi connectivity index (χ1v) is 7.90. The SMILES string of the molecule is CC1=CC(C)=NC2N1N=CC2(C)C(=O)NC1CC(=O)C=CC1C. The summed E-state index contributed by atoms with van der Waals surface area (Å²) in [6.45, 7) is 7.72. The van der Waals surface area contributed by atoms with Gasteiger partial charge in [-0.15, -0.1) is 0 Å². The summed E-state index contributed by atoms with van der Waals surface area (Å²) in [7, 11) is 0. The minimum Gasteiger partial charge on any atom is -0.351 e. The van der Waals surface area contributed by atoms with Crippen molar-refractivity contribution in [3.8, 4) is 0 Å². The van der Waals surface area contributed by atoms with Crippen LogP contribution in [-0.2, 0) is 9.59 Å². The van der Waals surface area contributed by atoms with Gasteiger partial charge in [0.15, 0.2) is 11.9 Å². The number of aliphatic imine (C=N–C) groups is 1. The van der Waals surface area contributed by atoms with Crippen molar-refractivity contribution in [2.24, 2.45) is 21.4 Å². The molecule has 1 amide bonds. The first kappa shape index (κ1) is 15.6.